The fraction of sp³-hybridized carbons (Fsp3) is 0.615. The summed E-state index contributed by atoms with van der Waals surface area (Å²) in [7, 11) is 0. The van der Waals surface area contributed by atoms with Crippen molar-refractivity contribution in [2.75, 3.05) is 0 Å². The fourth-order valence-electron chi connectivity index (χ4n) is 1.82. The van der Waals surface area contributed by atoms with Gasteiger partial charge < -0.3 is 0 Å². The van der Waals surface area contributed by atoms with Crippen molar-refractivity contribution in [3.8, 4) is 0 Å². The Hall–Kier alpha value is -1.06. The van der Waals surface area contributed by atoms with E-state index in [9.17, 15) is 13.2 Å². The third-order valence-corrected chi connectivity index (χ3v) is 2.81. The molecule has 0 saturated carbocycles. The van der Waals surface area contributed by atoms with Crippen molar-refractivity contribution in [3.63, 3.8) is 0 Å². The lowest BCUT2D eigenvalue weighted by molar-refractivity contribution is -0.141. The van der Waals surface area contributed by atoms with Crippen LogP contribution >= 0.6 is 0 Å². The minimum absolute atomic E-state index is 0.00537. The molecule has 0 aliphatic rings. The Balaban J connectivity index is 3.49. The van der Waals surface area contributed by atoms with E-state index in [4.69, 9.17) is 0 Å². The molecule has 0 saturated heterocycles. The molecule has 1 aromatic rings. The second-order valence-corrected chi connectivity index (χ2v) is 4.92. The van der Waals surface area contributed by atoms with Gasteiger partial charge >= 0.3 is 6.18 Å². The van der Waals surface area contributed by atoms with Crippen LogP contribution in [0, 0.1) is 6.92 Å². The zero-order chi connectivity index (χ0) is 13.4. The molecule has 0 aliphatic carbocycles. The average molecular weight is 245 g/mol. The SMILES string of the molecule is Cc1c(C(C)C)cc(C(C)C)nc1C(F)(F)F. The molecule has 4 heteroatoms. The molecule has 0 aliphatic heterocycles. The van der Waals surface area contributed by atoms with E-state index in [1.807, 2.05) is 27.7 Å². The number of hydrogen-bond acceptors (Lipinski definition) is 1. The molecule has 0 radical (unpaired) electrons. The second-order valence-electron chi connectivity index (χ2n) is 4.92. The van der Waals surface area contributed by atoms with Gasteiger partial charge in [-0.1, -0.05) is 27.7 Å². The first-order valence-corrected chi connectivity index (χ1v) is 5.73. The Labute approximate surface area is 100 Å². The molecule has 0 spiro atoms. The first kappa shape index (κ1) is 14.0. The van der Waals surface area contributed by atoms with Crippen LogP contribution in [-0.2, 0) is 6.18 Å². The minimum Gasteiger partial charge on any atom is -0.248 e. The van der Waals surface area contributed by atoms with Gasteiger partial charge in [0.2, 0.25) is 0 Å². The first-order chi connectivity index (χ1) is 7.64. The summed E-state index contributed by atoms with van der Waals surface area (Å²) in [5, 5.41) is 0. The molecule has 96 valence electrons. The van der Waals surface area contributed by atoms with Gasteiger partial charge in [-0.15, -0.1) is 0 Å². The molecule has 0 bridgehead atoms. The molecular weight excluding hydrogens is 227 g/mol. The van der Waals surface area contributed by atoms with Gasteiger partial charge in [0.15, 0.2) is 0 Å². The van der Waals surface area contributed by atoms with Crippen LogP contribution in [0.15, 0.2) is 6.07 Å². The lowest BCUT2D eigenvalue weighted by Crippen LogP contribution is -2.15. The van der Waals surface area contributed by atoms with E-state index in [1.165, 1.54) is 6.92 Å². The zero-order valence-electron chi connectivity index (χ0n) is 10.8. The largest absolute Gasteiger partial charge is 0.433 e. The number of halogens is 3. The predicted octanol–water partition coefficient (Wildman–Crippen LogP) is 4.66. The summed E-state index contributed by atoms with van der Waals surface area (Å²) < 4.78 is 38.6. The van der Waals surface area contributed by atoms with Crippen LogP contribution in [0.4, 0.5) is 13.2 Å². The van der Waals surface area contributed by atoms with E-state index in [2.05, 4.69) is 4.98 Å². The van der Waals surface area contributed by atoms with Crippen molar-refractivity contribution in [3.05, 3.63) is 28.6 Å². The van der Waals surface area contributed by atoms with Crippen LogP contribution in [0.5, 0.6) is 0 Å². The Bertz CT molecular complexity index is 406. The molecule has 1 heterocycles. The molecule has 1 rings (SSSR count). The maximum Gasteiger partial charge on any atom is 0.433 e. The summed E-state index contributed by atoms with van der Waals surface area (Å²) in [6.07, 6.45) is -4.38. The highest BCUT2D eigenvalue weighted by molar-refractivity contribution is 5.36. The minimum atomic E-state index is -4.38. The lowest BCUT2D eigenvalue weighted by Gasteiger charge is -2.18. The third kappa shape index (κ3) is 2.99. The van der Waals surface area contributed by atoms with Crippen molar-refractivity contribution < 1.29 is 13.2 Å². The summed E-state index contributed by atoms with van der Waals surface area (Å²) in [6, 6.07) is 1.79. The highest BCUT2D eigenvalue weighted by atomic mass is 19.4. The number of rotatable bonds is 2. The predicted molar refractivity (Wildman–Crippen MR) is 62.2 cm³/mol. The molecule has 17 heavy (non-hydrogen) atoms. The Morgan fingerprint density at radius 3 is 1.94 bits per heavy atom. The topological polar surface area (TPSA) is 12.9 Å². The Kier molecular flexibility index (Phi) is 3.84. The van der Waals surface area contributed by atoms with Crippen LogP contribution in [0.25, 0.3) is 0 Å². The number of aromatic nitrogens is 1. The van der Waals surface area contributed by atoms with E-state index in [1.54, 1.807) is 6.07 Å². The summed E-state index contributed by atoms with van der Waals surface area (Å²) >= 11 is 0. The molecule has 1 nitrogen and oxygen atoms in total. The van der Waals surface area contributed by atoms with Gasteiger partial charge in [-0.25, -0.2) is 4.98 Å². The number of hydrogen-bond donors (Lipinski definition) is 0. The zero-order valence-corrected chi connectivity index (χ0v) is 10.8. The molecule has 0 unspecified atom stereocenters. The first-order valence-electron chi connectivity index (χ1n) is 5.73. The van der Waals surface area contributed by atoms with Crippen LogP contribution in [-0.4, -0.2) is 4.98 Å². The van der Waals surface area contributed by atoms with E-state index >= 15 is 0 Å². The summed E-state index contributed by atoms with van der Waals surface area (Å²) in [5.74, 6) is 0.0609. The van der Waals surface area contributed by atoms with Gasteiger partial charge in [0.25, 0.3) is 0 Å². The van der Waals surface area contributed by atoms with Gasteiger partial charge in [-0.2, -0.15) is 13.2 Å². The number of nitrogens with zero attached hydrogens (tertiary/aromatic N) is 1. The molecular formula is C13H18F3N. The standard InChI is InChI=1S/C13H18F3N/c1-7(2)10-6-11(8(3)4)17-12(9(10)5)13(14,15)16/h6-8H,1-5H3. The number of pyridine rings is 1. The maximum absolute atomic E-state index is 12.9. The van der Waals surface area contributed by atoms with Gasteiger partial charge in [-0.3, -0.25) is 0 Å². The number of alkyl halides is 3. The average Bonchev–Trinajstić information content (AvgIpc) is 2.15. The van der Waals surface area contributed by atoms with Crippen LogP contribution in [0.2, 0.25) is 0 Å². The van der Waals surface area contributed by atoms with Crippen molar-refractivity contribution in [2.24, 2.45) is 0 Å². The van der Waals surface area contributed by atoms with E-state index in [0.29, 0.717) is 5.69 Å². The summed E-state index contributed by atoms with van der Waals surface area (Å²) in [6.45, 7) is 8.98. The maximum atomic E-state index is 12.9. The van der Waals surface area contributed by atoms with E-state index < -0.39 is 11.9 Å². The fourth-order valence-corrected chi connectivity index (χ4v) is 1.82. The normalized spacial score (nSPS) is 12.6. The van der Waals surface area contributed by atoms with Gasteiger partial charge in [-0.05, 0) is 36.0 Å². The van der Waals surface area contributed by atoms with Gasteiger partial charge in [0, 0.05) is 5.69 Å². The third-order valence-electron chi connectivity index (χ3n) is 2.81. The molecule has 0 aromatic carbocycles. The van der Waals surface area contributed by atoms with E-state index in [0.717, 1.165) is 5.56 Å². The second kappa shape index (κ2) is 4.67. The van der Waals surface area contributed by atoms with Crippen molar-refractivity contribution in [1.82, 2.24) is 4.98 Å². The smallest absolute Gasteiger partial charge is 0.248 e. The van der Waals surface area contributed by atoms with Gasteiger partial charge in [0.05, 0.1) is 0 Å². The lowest BCUT2D eigenvalue weighted by atomic mass is 9.94. The molecule has 0 N–H and O–H groups in total. The van der Waals surface area contributed by atoms with Gasteiger partial charge in [0.1, 0.15) is 5.69 Å². The molecule has 1 aromatic heterocycles. The van der Waals surface area contributed by atoms with Crippen LogP contribution in [0.3, 0.4) is 0 Å². The quantitative estimate of drug-likeness (QED) is 0.738. The van der Waals surface area contributed by atoms with Crippen molar-refractivity contribution >= 4 is 0 Å². The summed E-state index contributed by atoms with van der Waals surface area (Å²) in [5.41, 5.74) is 0.743. The monoisotopic (exact) mass is 245 g/mol. The molecule has 0 amide bonds. The van der Waals surface area contributed by atoms with E-state index in [-0.39, 0.29) is 17.4 Å². The molecule has 0 fully saturated rings. The highest BCUT2D eigenvalue weighted by Crippen LogP contribution is 2.35. The highest BCUT2D eigenvalue weighted by Gasteiger charge is 2.36. The van der Waals surface area contributed by atoms with Crippen LogP contribution in [0.1, 0.15) is 62.0 Å². The molecule has 0 atom stereocenters. The van der Waals surface area contributed by atoms with Crippen molar-refractivity contribution in [1.29, 1.82) is 0 Å². The van der Waals surface area contributed by atoms with Crippen molar-refractivity contribution in [2.45, 2.75) is 52.6 Å². The van der Waals surface area contributed by atoms with Crippen LogP contribution < -0.4 is 0 Å². The Morgan fingerprint density at radius 2 is 1.59 bits per heavy atom. The summed E-state index contributed by atoms with van der Waals surface area (Å²) in [4.78, 5) is 3.76. The Morgan fingerprint density at radius 1 is 1.06 bits per heavy atom.